The van der Waals surface area contributed by atoms with E-state index in [0.29, 0.717) is 13.1 Å². The molecule has 1 aromatic rings. The third kappa shape index (κ3) is 4.33. The number of rotatable bonds is 6. The number of aryl methyl sites for hydroxylation is 1. The normalized spacial score (nSPS) is 12.5. The topological polar surface area (TPSA) is 49.6 Å². The lowest BCUT2D eigenvalue weighted by atomic mass is 10.0. The highest BCUT2D eigenvalue weighted by atomic mass is 16.2. The molecular weight excluding hydrogens is 238 g/mol. The maximum Gasteiger partial charge on any atom is 0.236 e. The van der Waals surface area contributed by atoms with Crippen LogP contribution >= 0.6 is 0 Å². The second-order valence-corrected chi connectivity index (χ2v) is 5.02. The largest absolute Gasteiger partial charge is 0.348 e. The standard InChI is InChI=1S/C15H25N3O/c1-5-18(11-15(19)17(3)4)14(10-16)13-8-6-7-12(2)9-13/h6-9,14H,5,10-11,16H2,1-4H3. The van der Waals surface area contributed by atoms with E-state index in [1.165, 1.54) is 11.1 Å². The molecule has 0 radical (unpaired) electrons. The van der Waals surface area contributed by atoms with Crippen LogP contribution in [0, 0.1) is 6.92 Å². The van der Waals surface area contributed by atoms with Gasteiger partial charge in [0.25, 0.3) is 0 Å². The molecule has 2 N–H and O–H groups in total. The van der Waals surface area contributed by atoms with Gasteiger partial charge in [0.15, 0.2) is 0 Å². The van der Waals surface area contributed by atoms with E-state index >= 15 is 0 Å². The van der Waals surface area contributed by atoms with E-state index < -0.39 is 0 Å². The zero-order valence-corrected chi connectivity index (χ0v) is 12.4. The molecular formula is C15H25N3O. The highest BCUT2D eigenvalue weighted by molar-refractivity contribution is 5.77. The summed E-state index contributed by atoms with van der Waals surface area (Å²) in [5.41, 5.74) is 8.31. The molecule has 19 heavy (non-hydrogen) atoms. The summed E-state index contributed by atoms with van der Waals surface area (Å²) in [6, 6.07) is 8.41. The van der Waals surface area contributed by atoms with Gasteiger partial charge in [-0.2, -0.15) is 0 Å². The Labute approximate surface area is 116 Å². The maximum absolute atomic E-state index is 11.9. The van der Waals surface area contributed by atoms with Crippen LogP contribution in [0.2, 0.25) is 0 Å². The molecule has 1 unspecified atom stereocenters. The summed E-state index contributed by atoms with van der Waals surface area (Å²) in [4.78, 5) is 15.6. The fourth-order valence-corrected chi connectivity index (χ4v) is 2.13. The first kappa shape index (κ1) is 15.7. The van der Waals surface area contributed by atoms with Crippen LogP contribution < -0.4 is 5.73 Å². The monoisotopic (exact) mass is 263 g/mol. The molecule has 0 spiro atoms. The number of benzene rings is 1. The molecule has 0 saturated carbocycles. The van der Waals surface area contributed by atoms with Crippen molar-refractivity contribution in [3.8, 4) is 0 Å². The fraction of sp³-hybridized carbons (Fsp3) is 0.533. The number of hydrogen-bond acceptors (Lipinski definition) is 3. The van der Waals surface area contributed by atoms with Crippen LogP contribution in [0.4, 0.5) is 0 Å². The van der Waals surface area contributed by atoms with Gasteiger partial charge in [0.2, 0.25) is 5.91 Å². The van der Waals surface area contributed by atoms with E-state index in [1.807, 2.05) is 6.07 Å². The van der Waals surface area contributed by atoms with Gasteiger partial charge in [0.05, 0.1) is 6.54 Å². The first-order valence-electron chi connectivity index (χ1n) is 6.70. The van der Waals surface area contributed by atoms with Gasteiger partial charge < -0.3 is 10.6 Å². The second kappa shape index (κ2) is 7.26. The zero-order chi connectivity index (χ0) is 14.4. The maximum atomic E-state index is 11.9. The number of likely N-dealkylation sites (N-methyl/N-ethyl adjacent to an activating group) is 2. The van der Waals surface area contributed by atoms with Crippen LogP contribution in [0.5, 0.6) is 0 Å². The summed E-state index contributed by atoms with van der Waals surface area (Å²) in [6.07, 6.45) is 0. The van der Waals surface area contributed by atoms with Gasteiger partial charge in [-0.1, -0.05) is 36.8 Å². The van der Waals surface area contributed by atoms with Crippen molar-refractivity contribution in [2.24, 2.45) is 5.73 Å². The van der Waals surface area contributed by atoms with E-state index in [9.17, 15) is 4.79 Å². The van der Waals surface area contributed by atoms with Crippen molar-refractivity contribution >= 4 is 5.91 Å². The van der Waals surface area contributed by atoms with E-state index in [0.717, 1.165) is 6.54 Å². The summed E-state index contributed by atoms with van der Waals surface area (Å²) < 4.78 is 0. The van der Waals surface area contributed by atoms with E-state index in [1.54, 1.807) is 19.0 Å². The van der Waals surface area contributed by atoms with E-state index in [4.69, 9.17) is 5.73 Å². The quantitative estimate of drug-likeness (QED) is 0.844. The fourth-order valence-electron chi connectivity index (χ4n) is 2.13. The molecule has 4 nitrogen and oxygen atoms in total. The Morgan fingerprint density at radius 2 is 2.05 bits per heavy atom. The lowest BCUT2D eigenvalue weighted by molar-refractivity contribution is -0.130. The lowest BCUT2D eigenvalue weighted by Gasteiger charge is -2.30. The van der Waals surface area contributed by atoms with Crippen LogP contribution in [0.25, 0.3) is 0 Å². The Hall–Kier alpha value is -1.39. The molecule has 1 amide bonds. The number of nitrogens with zero attached hydrogens (tertiary/aromatic N) is 2. The van der Waals surface area contributed by atoms with Gasteiger partial charge in [-0.3, -0.25) is 9.69 Å². The van der Waals surface area contributed by atoms with Crippen LogP contribution in [0.1, 0.15) is 24.1 Å². The summed E-state index contributed by atoms with van der Waals surface area (Å²) in [5, 5.41) is 0. The van der Waals surface area contributed by atoms with Gasteiger partial charge in [-0.25, -0.2) is 0 Å². The minimum absolute atomic E-state index is 0.0915. The number of nitrogens with two attached hydrogens (primary N) is 1. The molecule has 0 aliphatic heterocycles. The third-order valence-corrected chi connectivity index (χ3v) is 3.33. The first-order valence-corrected chi connectivity index (χ1v) is 6.70. The minimum atomic E-state index is 0.0915. The molecule has 0 fully saturated rings. The summed E-state index contributed by atoms with van der Waals surface area (Å²) in [5.74, 6) is 0.105. The SMILES string of the molecule is CCN(CC(=O)N(C)C)C(CN)c1cccc(C)c1. The van der Waals surface area contributed by atoms with Gasteiger partial charge in [0, 0.05) is 26.7 Å². The molecule has 4 heteroatoms. The zero-order valence-electron chi connectivity index (χ0n) is 12.4. The molecule has 1 aromatic carbocycles. The van der Waals surface area contributed by atoms with Crippen LogP contribution in [-0.2, 0) is 4.79 Å². The van der Waals surface area contributed by atoms with Gasteiger partial charge >= 0.3 is 0 Å². The number of hydrogen-bond donors (Lipinski definition) is 1. The third-order valence-electron chi connectivity index (χ3n) is 3.33. The van der Waals surface area contributed by atoms with Crippen LogP contribution in [0.15, 0.2) is 24.3 Å². The predicted molar refractivity (Wildman–Crippen MR) is 78.9 cm³/mol. The number of amides is 1. The van der Waals surface area contributed by atoms with Crippen LogP contribution in [0.3, 0.4) is 0 Å². The van der Waals surface area contributed by atoms with Crippen molar-refractivity contribution in [2.75, 3.05) is 33.7 Å². The van der Waals surface area contributed by atoms with E-state index in [2.05, 4.69) is 36.9 Å². The average molecular weight is 263 g/mol. The molecule has 0 saturated heterocycles. The minimum Gasteiger partial charge on any atom is -0.348 e. The summed E-state index contributed by atoms with van der Waals surface area (Å²) in [6.45, 7) is 5.84. The molecule has 0 aromatic heterocycles. The number of carbonyl (C=O) groups excluding carboxylic acids is 1. The Morgan fingerprint density at radius 1 is 1.37 bits per heavy atom. The average Bonchev–Trinajstić information content (AvgIpc) is 2.38. The first-order chi connectivity index (χ1) is 8.99. The molecule has 106 valence electrons. The number of carbonyl (C=O) groups is 1. The van der Waals surface area contributed by atoms with Crippen molar-refractivity contribution in [1.82, 2.24) is 9.80 Å². The van der Waals surface area contributed by atoms with Gasteiger partial charge in [-0.05, 0) is 19.0 Å². The second-order valence-electron chi connectivity index (χ2n) is 5.02. The summed E-state index contributed by atoms with van der Waals surface area (Å²) in [7, 11) is 3.56. The molecule has 0 aliphatic rings. The highest BCUT2D eigenvalue weighted by Gasteiger charge is 2.20. The molecule has 0 bridgehead atoms. The van der Waals surface area contributed by atoms with Crippen molar-refractivity contribution < 1.29 is 4.79 Å². The van der Waals surface area contributed by atoms with E-state index in [-0.39, 0.29) is 11.9 Å². The predicted octanol–water partition coefficient (Wildman–Crippen LogP) is 1.40. The van der Waals surface area contributed by atoms with Crippen molar-refractivity contribution in [3.05, 3.63) is 35.4 Å². The summed E-state index contributed by atoms with van der Waals surface area (Å²) >= 11 is 0. The van der Waals surface area contributed by atoms with Crippen molar-refractivity contribution in [3.63, 3.8) is 0 Å². The van der Waals surface area contributed by atoms with Gasteiger partial charge in [0.1, 0.15) is 0 Å². The Kier molecular flexibility index (Phi) is 5.99. The highest BCUT2D eigenvalue weighted by Crippen LogP contribution is 2.20. The Bertz CT molecular complexity index is 418. The Morgan fingerprint density at radius 3 is 2.53 bits per heavy atom. The molecule has 0 aliphatic carbocycles. The molecule has 1 atom stereocenters. The lowest BCUT2D eigenvalue weighted by Crippen LogP contribution is -2.41. The molecule has 1 rings (SSSR count). The van der Waals surface area contributed by atoms with Crippen molar-refractivity contribution in [2.45, 2.75) is 19.9 Å². The molecule has 0 heterocycles. The van der Waals surface area contributed by atoms with Crippen molar-refractivity contribution in [1.29, 1.82) is 0 Å². The van der Waals surface area contributed by atoms with Crippen LogP contribution in [-0.4, -0.2) is 49.4 Å². The van der Waals surface area contributed by atoms with Gasteiger partial charge in [-0.15, -0.1) is 0 Å². The smallest absolute Gasteiger partial charge is 0.236 e. The Balaban J connectivity index is 2.89.